The fraction of sp³-hybridized carbons (Fsp3) is 0.0189. The zero-order chi connectivity index (χ0) is 39.5. The van der Waals surface area contributed by atoms with E-state index < -0.39 is 5.92 Å². The van der Waals surface area contributed by atoms with Crippen LogP contribution in [0.2, 0.25) is 0 Å². The molecule has 8 aromatic carbocycles. The highest BCUT2D eigenvalue weighted by atomic mass is 19.3. The van der Waals surface area contributed by atoms with E-state index in [1.807, 2.05) is 109 Å². The van der Waals surface area contributed by atoms with Gasteiger partial charge >= 0.3 is 0 Å². The molecule has 0 unspecified atom stereocenters. The smallest absolute Gasteiger partial charge is 0.228 e. The Bertz CT molecular complexity index is 3030. The maximum absolute atomic E-state index is 16.4. The Hall–Kier alpha value is -7.70. The van der Waals surface area contributed by atoms with E-state index in [1.165, 1.54) is 12.1 Å². The number of hydrogen-bond acceptors (Lipinski definition) is 4. The number of aromatic nitrogens is 4. The van der Waals surface area contributed by atoms with E-state index in [2.05, 4.69) is 48.5 Å². The van der Waals surface area contributed by atoms with Crippen molar-refractivity contribution < 1.29 is 8.78 Å². The van der Waals surface area contributed by atoms with E-state index in [4.69, 9.17) is 19.9 Å². The van der Waals surface area contributed by atoms with E-state index >= 15 is 8.78 Å². The monoisotopic (exact) mass is 762 g/mol. The Morgan fingerprint density at radius 1 is 0.305 bits per heavy atom. The SMILES string of the molecule is FC1(F)c2ccc(-c3nc(-c4ccccc4)cc(-c4cccc5ccccc45)n3)cc2-c2cc(-c3nc(-c4ccccc4)cc(-c4cccc5ccccc45)n3)ccc21. The lowest BCUT2D eigenvalue weighted by atomic mass is 9.98. The van der Waals surface area contributed by atoms with Crippen LogP contribution in [0, 0.1) is 0 Å². The summed E-state index contributed by atoms with van der Waals surface area (Å²) in [5.41, 5.74) is 8.78. The molecule has 1 aliphatic rings. The van der Waals surface area contributed by atoms with Gasteiger partial charge in [0.2, 0.25) is 0 Å². The predicted molar refractivity (Wildman–Crippen MR) is 234 cm³/mol. The fourth-order valence-electron chi connectivity index (χ4n) is 8.34. The maximum Gasteiger partial charge on any atom is 0.299 e. The van der Waals surface area contributed by atoms with Crippen LogP contribution in [0.15, 0.2) is 194 Å². The average molecular weight is 763 g/mol. The van der Waals surface area contributed by atoms with E-state index in [0.717, 1.165) is 66.6 Å². The largest absolute Gasteiger partial charge is 0.299 e. The minimum absolute atomic E-state index is 0.0581. The molecule has 0 spiro atoms. The van der Waals surface area contributed by atoms with Crippen LogP contribution in [-0.4, -0.2) is 19.9 Å². The highest BCUT2D eigenvalue weighted by molar-refractivity contribution is 5.98. The standard InChI is InChI=1S/C53H32F2N4/c54-53(55)45-27-25-37(51-56-47(35-15-3-1-4-16-35)31-49(58-51)41-23-11-19-33-13-7-9-21-39(33)41)29-43(45)44-30-38(26-28-46(44)53)52-57-48(36-17-5-2-6-18-36)32-50(59-52)42-24-12-20-34-14-8-10-22-40(34)42/h1-32H. The Morgan fingerprint density at radius 2 is 0.695 bits per heavy atom. The molecule has 6 heteroatoms. The molecule has 0 fully saturated rings. The molecule has 4 nitrogen and oxygen atoms in total. The van der Waals surface area contributed by atoms with E-state index in [1.54, 1.807) is 24.3 Å². The van der Waals surface area contributed by atoms with Gasteiger partial charge in [0.15, 0.2) is 11.6 Å². The van der Waals surface area contributed by atoms with Crippen molar-refractivity contribution >= 4 is 21.5 Å². The summed E-state index contributed by atoms with van der Waals surface area (Å²) in [7, 11) is 0. The molecule has 10 aromatic rings. The first kappa shape index (κ1) is 34.5. The molecule has 0 amide bonds. The number of benzene rings is 8. The molecule has 11 rings (SSSR count). The first-order valence-corrected chi connectivity index (χ1v) is 19.5. The Morgan fingerprint density at radius 3 is 1.15 bits per heavy atom. The van der Waals surface area contributed by atoms with Gasteiger partial charge in [-0.25, -0.2) is 19.9 Å². The zero-order valence-corrected chi connectivity index (χ0v) is 31.5. The fourth-order valence-corrected chi connectivity index (χ4v) is 8.34. The molecule has 0 atom stereocenters. The van der Waals surface area contributed by atoms with E-state index in [-0.39, 0.29) is 11.1 Å². The minimum atomic E-state index is -3.20. The van der Waals surface area contributed by atoms with Gasteiger partial charge in [-0.3, -0.25) is 0 Å². The number of alkyl halides is 2. The summed E-state index contributed by atoms with van der Waals surface area (Å²) >= 11 is 0. The van der Waals surface area contributed by atoms with Crippen molar-refractivity contribution in [2.45, 2.75) is 5.92 Å². The van der Waals surface area contributed by atoms with Gasteiger partial charge in [0.05, 0.1) is 22.8 Å². The van der Waals surface area contributed by atoms with Gasteiger partial charge < -0.3 is 0 Å². The number of halogens is 2. The summed E-state index contributed by atoms with van der Waals surface area (Å²) in [5, 5.41) is 4.33. The molecule has 0 saturated carbocycles. The Kier molecular flexibility index (Phi) is 8.05. The van der Waals surface area contributed by atoms with Crippen molar-refractivity contribution in [1.29, 1.82) is 0 Å². The molecular weight excluding hydrogens is 731 g/mol. The summed E-state index contributed by atoms with van der Waals surface area (Å²) < 4.78 is 32.7. The Labute approximate surface area is 339 Å². The molecule has 0 bridgehead atoms. The van der Waals surface area contributed by atoms with E-state index in [0.29, 0.717) is 33.9 Å². The second-order valence-corrected chi connectivity index (χ2v) is 14.8. The summed E-state index contributed by atoms with van der Waals surface area (Å²) in [6.45, 7) is 0. The summed E-state index contributed by atoms with van der Waals surface area (Å²) in [4.78, 5) is 20.3. The van der Waals surface area contributed by atoms with Gasteiger partial charge in [0.1, 0.15) is 0 Å². The van der Waals surface area contributed by atoms with Gasteiger partial charge in [0, 0.05) is 44.5 Å². The minimum Gasteiger partial charge on any atom is -0.228 e. The van der Waals surface area contributed by atoms with Gasteiger partial charge in [-0.2, -0.15) is 8.78 Å². The lowest BCUT2D eigenvalue weighted by Crippen LogP contribution is -2.10. The van der Waals surface area contributed by atoms with Crippen LogP contribution in [0.3, 0.4) is 0 Å². The lowest BCUT2D eigenvalue weighted by Gasteiger charge is -2.14. The van der Waals surface area contributed by atoms with Gasteiger partial charge in [-0.05, 0) is 56.9 Å². The van der Waals surface area contributed by atoms with Crippen molar-refractivity contribution in [1.82, 2.24) is 19.9 Å². The number of fused-ring (bicyclic) bond motifs is 5. The summed E-state index contributed by atoms with van der Waals surface area (Å²) in [6.07, 6.45) is 0. The van der Waals surface area contributed by atoms with Gasteiger partial charge in [-0.1, -0.05) is 170 Å². The molecule has 0 saturated heterocycles. The quantitative estimate of drug-likeness (QED) is 0.169. The third kappa shape index (κ3) is 5.96. The normalized spacial score (nSPS) is 12.7. The van der Waals surface area contributed by atoms with Crippen LogP contribution in [0.25, 0.3) is 100 Å². The summed E-state index contributed by atoms with van der Waals surface area (Å²) in [5.74, 6) is -2.31. The molecule has 278 valence electrons. The van der Waals surface area contributed by atoms with Crippen LogP contribution in [0.4, 0.5) is 8.78 Å². The van der Waals surface area contributed by atoms with E-state index in [9.17, 15) is 0 Å². The van der Waals surface area contributed by atoms with Gasteiger partial charge in [0.25, 0.3) is 5.92 Å². The molecule has 0 radical (unpaired) electrons. The number of hydrogen-bond donors (Lipinski definition) is 0. The van der Waals surface area contributed by atoms with Crippen LogP contribution < -0.4 is 0 Å². The van der Waals surface area contributed by atoms with Gasteiger partial charge in [-0.15, -0.1) is 0 Å². The van der Waals surface area contributed by atoms with Crippen molar-refractivity contribution in [3.05, 3.63) is 205 Å². The van der Waals surface area contributed by atoms with Crippen molar-refractivity contribution in [3.8, 4) is 78.9 Å². The number of nitrogens with zero attached hydrogens (tertiary/aromatic N) is 4. The highest BCUT2D eigenvalue weighted by Crippen LogP contribution is 2.52. The van der Waals surface area contributed by atoms with Crippen LogP contribution in [0.1, 0.15) is 11.1 Å². The number of rotatable bonds is 6. The average Bonchev–Trinajstić information content (AvgIpc) is 3.53. The van der Waals surface area contributed by atoms with Crippen LogP contribution in [0.5, 0.6) is 0 Å². The topological polar surface area (TPSA) is 51.6 Å². The maximum atomic E-state index is 16.4. The third-order valence-electron chi connectivity index (χ3n) is 11.2. The summed E-state index contributed by atoms with van der Waals surface area (Å²) in [6, 6.07) is 62.7. The second kappa shape index (κ2) is 13.7. The lowest BCUT2D eigenvalue weighted by molar-refractivity contribution is 0.0480. The first-order valence-electron chi connectivity index (χ1n) is 19.5. The van der Waals surface area contributed by atoms with Crippen molar-refractivity contribution in [2.24, 2.45) is 0 Å². The third-order valence-corrected chi connectivity index (χ3v) is 11.2. The van der Waals surface area contributed by atoms with Crippen LogP contribution in [-0.2, 0) is 5.92 Å². The highest BCUT2D eigenvalue weighted by Gasteiger charge is 2.44. The molecule has 2 heterocycles. The first-order chi connectivity index (χ1) is 29.0. The van der Waals surface area contributed by atoms with Crippen molar-refractivity contribution in [2.75, 3.05) is 0 Å². The molecule has 59 heavy (non-hydrogen) atoms. The molecular formula is C53H32F2N4. The molecule has 1 aliphatic carbocycles. The predicted octanol–water partition coefficient (Wildman–Crippen LogP) is 13.7. The second-order valence-electron chi connectivity index (χ2n) is 14.8. The van der Waals surface area contributed by atoms with Crippen molar-refractivity contribution in [3.63, 3.8) is 0 Å². The molecule has 2 aromatic heterocycles. The molecule has 0 aliphatic heterocycles. The Balaban J connectivity index is 1.07. The molecule has 0 N–H and O–H groups in total. The zero-order valence-electron chi connectivity index (χ0n) is 31.5. The van der Waals surface area contributed by atoms with Crippen LogP contribution >= 0.6 is 0 Å².